The Balaban J connectivity index is 2.37. The topological polar surface area (TPSA) is 84.2 Å². The van der Waals surface area contributed by atoms with Crippen LogP contribution in [-0.2, 0) is 10.0 Å². The molecule has 1 aromatic rings. The van der Waals surface area contributed by atoms with E-state index in [-0.39, 0.29) is 4.90 Å². The van der Waals surface area contributed by atoms with E-state index in [1.807, 2.05) is 0 Å². The van der Waals surface area contributed by atoms with Crippen LogP contribution in [0.4, 0.5) is 5.69 Å². The number of nitrogen functional groups attached to an aromatic ring is 1. The summed E-state index contributed by atoms with van der Waals surface area (Å²) in [6, 6.07) is 6.60. The summed E-state index contributed by atoms with van der Waals surface area (Å²) in [5.41, 5.74) is 2.82. The van der Waals surface area contributed by atoms with Crippen molar-refractivity contribution in [2.75, 3.05) is 12.0 Å². The molecule has 1 rings (SSSR count). The van der Waals surface area contributed by atoms with Crippen molar-refractivity contribution >= 4 is 15.7 Å². The molecule has 0 bridgehead atoms. The van der Waals surface area contributed by atoms with Crippen molar-refractivity contribution in [3.05, 3.63) is 24.3 Å². The molecule has 0 saturated carbocycles. The maximum atomic E-state index is 12.2. The first kappa shape index (κ1) is 17.9. The predicted octanol–water partition coefficient (Wildman–Crippen LogP) is 2.86. The molecule has 5 nitrogen and oxygen atoms in total. The highest BCUT2D eigenvalue weighted by Gasteiger charge is 2.16. The number of hydrogen-bond acceptors (Lipinski definition) is 4. The molecule has 0 unspecified atom stereocenters. The second-order valence-corrected chi connectivity index (χ2v) is 7.37. The summed E-state index contributed by atoms with van der Waals surface area (Å²) in [5.74, 6) is 6.08. The summed E-state index contributed by atoms with van der Waals surface area (Å²) in [4.78, 5) is 0.187. The minimum absolute atomic E-state index is 0.187. The molecule has 0 atom stereocenters. The van der Waals surface area contributed by atoms with E-state index in [1.54, 1.807) is 24.3 Å². The fraction of sp³-hybridized carbons (Fsp3) is 0.600. The number of rotatable bonds is 10. The molecule has 6 heteroatoms. The quantitative estimate of drug-likeness (QED) is 0.352. The molecule has 120 valence electrons. The zero-order valence-electron chi connectivity index (χ0n) is 12.9. The van der Waals surface area contributed by atoms with E-state index >= 15 is 0 Å². The first-order valence-corrected chi connectivity index (χ1v) is 9.01. The molecule has 0 amide bonds. The van der Waals surface area contributed by atoms with Crippen molar-refractivity contribution < 1.29 is 8.42 Å². The predicted molar refractivity (Wildman–Crippen MR) is 87.4 cm³/mol. The van der Waals surface area contributed by atoms with Gasteiger partial charge in [-0.05, 0) is 24.5 Å². The SMILES string of the molecule is CC(C)CCCCCCNS(=O)(=O)c1ccccc1NN. The molecule has 21 heavy (non-hydrogen) atoms. The van der Waals surface area contributed by atoms with E-state index in [9.17, 15) is 8.42 Å². The smallest absolute Gasteiger partial charge is 0.242 e. The van der Waals surface area contributed by atoms with E-state index in [0.717, 1.165) is 25.2 Å². The van der Waals surface area contributed by atoms with Crippen molar-refractivity contribution in [1.29, 1.82) is 0 Å². The third-order valence-electron chi connectivity index (χ3n) is 3.33. The lowest BCUT2D eigenvalue weighted by molar-refractivity contribution is 0.517. The Morgan fingerprint density at radius 3 is 2.43 bits per heavy atom. The van der Waals surface area contributed by atoms with Crippen molar-refractivity contribution in [3.8, 4) is 0 Å². The summed E-state index contributed by atoms with van der Waals surface area (Å²) in [6.45, 7) is 4.90. The Kier molecular flexibility index (Phi) is 7.71. The Hall–Kier alpha value is -1.11. The zero-order valence-corrected chi connectivity index (χ0v) is 13.7. The second-order valence-electron chi connectivity index (χ2n) is 5.64. The molecule has 0 heterocycles. The third-order valence-corrected chi connectivity index (χ3v) is 4.85. The Bertz CT molecular complexity index is 515. The van der Waals surface area contributed by atoms with Crippen LogP contribution in [0.2, 0.25) is 0 Å². The molecule has 0 aromatic heterocycles. The number of para-hydroxylation sites is 1. The van der Waals surface area contributed by atoms with Gasteiger partial charge in [-0.1, -0.05) is 51.7 Å². The highest BCUT2D eigenvalue weighted by Crippen LogP contribution is 2.19. The van der Waals surface area contributed by atoms with Gasteiger partial charge < -0.3 is 5.43 Å². The van der Waals surface area contributed by atoms with E-state index < -0.39 is 10.0 Å². The molecule has 0 fully saturated rings. The molecule has 0 radical (unpaired) electrons. The van der Waals surface area contributed by atoms with Crippen LogP contribution < -0.4 is 16.0 Å². The number of sulfonamides is 1. The van der Waals surface area contributed by atoms with Crippen LogP contribution in [0.3, 0.4) is 0 Å². The van der Waals surface area contributed by atoms with Crippen LogP contribution in [-0.4, -0.2) is 15.0 Å². The summed E-state index contributed by atoms with van der Waals surface area (Å²) < 4.78 is 27.0. The molecule has 0 spiro atoms. The molecular formula is C15H27N3O2S. The van der Waals surface area contributed by atoms with Gasteiger partial charge in [0.25, 0.3) is 0 Å². The summed E-state index contributed by atoms with van der Waals surface area (Å²) in [7, 11) is -3.50. The lowest BCUT2D eigenvalue weighted by Gasteiger charge is -2.10. The average Bonchev–Trinajstić information content (AvgIpc) is 2.45. The van der Waals surface area contributed by atoms with Crippen LogP contribution in [0.25, 0.3) is 0 Å². The van der Waals surface area contributed by atoms with Gasteiger partial charge in [0.15, 0.2) is 0 Å². The monoisotopic (exact) mass is 313 g/mol. The van der Waals surface area contributed by atoms with E-state index in [2.05, 4.69) is 24.0 Å². The van der Waals surface area contributed by atoms with Gasteiger partial charge in [-0.3, -0.25) is 5.84 Å². The standard InChI is InChI=1S/C15H27N3O2S/c1-13(2)9-5-3-4-8-12-17-21(19,20)15-11-7-6-10-14(15)18-16/h6-7,10-11,13,17-18H,3-5,8-9,12,16H2,1-2H3. The molecular weight excluding hydrogens is 286 g/mol. The van der Waals surface area contributed by atoms with Crippen molar-refractivity contribution in [2.24, 2.45) is 11.8 Å². The van der Waals surface area contributed by atoms with Gasteiger partial charge >= 0.3 is 0 Å². The molecule has 0 aliphatic rings. The number of hydrazine groups is 1. The van der Waals surface area contributed by atoms with Crippen LogP contribution in [0.15, 0.2) is 29.2 Å². The van der Waals surface area contributed by atoms with Crippen molar-refractivity contribution in [3.63, 3.8) is 0 Å². The lowest BCUT2D eigenvalue weighted by atomic mass is 10.0. The number of benzene rings is 1. The van der Waals surface area contributed by atoms with Gasteiger partial charge in [0.2, 0.25) is 10.0 Å². The highest BCUT2D eigenvalue weighted by atomic mass is 32.2. The average molecular weight is 313 g/mol. The number of unbranched alkanes of at least 4 members (excludes halogenated alkanes) is 3. The number of nitrogens with two attached hydrogens (primary N) is 1. The van der Waals surface area contributed by atoms with E-state index in [4.69, 9.17) is 5.84 Å². The summed E-state index contributed by atoms with van der Waals surface area (Å²) in [6.07, 6.45) is 5.51. The lowest BCUT2D eigenvalue weighted by Crippen LogP contribution is -2.26. The minimum Gasteiger partial charge on any atom is -0.323 e. The maximum Gasteiger partial charge on any atom is 0.242 e. The molecule has 0 aliphatic carbocycles. The number of hydrogen-bond donors (Lipinski definition) is 3. The van der Waals surface area contributed by atoms with E-state index in [1.165, 1.54) is 12.8 Å². The maximum absolute atomic E-state index is 12.2. The zero-order chi connectivity index (χ0) is 15.7. The number of nitrogens with one attached hydrogen (secondary N) is 2. The van der Waals surface area contributed by atoms with Crippen molar-refractivity contribution in [2.45, 2.75) is 50.8 Å². The second kappa shape index (κ2) is 9.02. The van der Waals surface area contributed by atoms with Crippen LogP contribution >= 0.6 is 0 Å². The largest absolute Gasteiger partial charge is 0.323 e. The Labute approximate surface area is 128 Å². The van der Waals surface area contributed by atoms with Gasteiger partial charge in [-0.15, -0.1) is 0 Å². The molecule has 4 N–H and O–H groups in total. The van der Waals surface area contributed by atoms with Gasteiger partial charge in [-0.25, -0.2) is 13.1 Å². The van der Waals surface area contributed by atoms with Crippen LogP contribution in [0.5, 0.6) is 0 Å². The van der Waals surface area contributed by atoms with Gasteiger partial charge in [-0.2, -0.15) is 0 Å². The Morgan fingerprint density at radius 1 is 1.10 bits per heavy atom. The Morgan fingerprint density at radius 2 is 1.76 bits per heavy atom. The molecule has 1 aromatic carbocycles. The van der Waals surface area contributed by atoms with Crippen LogP contribution in [0, 0.1) is 5.92 Å². The summed E-state index contributed by atoms with van der Waals surface area (Å²) >= 11 is 0. The molecule has 0 aliphatic heterocycles. The normalized spacial score (nSPS) is 11.8. The summed E-state index contributed by atoms with van der Waals surface area (Å²) in [5, 5.41) is 0. The van der Waals surface area contributed by atoms with Gasteiger partial charge in [0.1, 0.15) is 4.90 Å². The number of anilines is 1. The van der Waals surface area contributed by atoms with Crippen molar-refractivity contribution in [1.82, 2.24) is 4.72 Å². The van der Waals surface area contributed by atoms with Gasteiger partial charge in [0.05, 0.1) is 5.69 Å². The third kappa shape index (κ3) is 6.46. The van der Waals surface area contributed by atoms with E-state index in [0.29, 0.717) is 12.2 Å². The van der Waals surface area contributed by atoms with Crippen LogP contribution in [0.1, 0.15) is 46.0 Å². The highest BCUT2D eigenvalue weighted by molar-refractivity contribution is 7.89. The fourth-order valence-corrected chi connectivity index (χ4v) is 3.38. The first-order chi connectivity index (χ1) is 9.97. The minimum atomic E-state index is -3.50. The molecule has 0 saturated heterocycles. The first-order valence-electron chi connectivity index (χ1n) is 7.52. The van der Waals surface area contributed by atoms with Gasteiger partial charge in [0, 0.05) is 6.54 Å². The fourth-order valence-electron chi connectivity index (χ4n) is 2.14.